The molecule has 0 fully saturated rings. The lowest BCUT2D eigenvalue weighted by atomic mass is 10.0. The van der Waals surface area contributed by atoms with Gasteiger partial charge in [0.1, 0.15) is 11.1 Å². The SMILES string of the molecule is Cc1ccc(-c2ccc(C#N)c(SC(C)C(=O)Nc3ccc(-c4cc(C(=O)O)c5ccccc5n4)cc3)n2)cc1. The summed E-state index contributed by atoms with van der Waals surface area (Å²) < 4.78 is 0. The highest BCUT2D eigenvalue weighted by molar-refractivity contribution is 8.00. The van der Waals surface area contributed by atoms with Gasteiger partial charge in [-0.05, 0) is 50.2 Å². The smallest absolute Gasteiger partial charge is 0.336 e. The first kappa shape index (κ1) is 26.6. The Morgan fingerprint density at radius 2 is 1.57 bits per heavy atom. The second kappa shape index (κ2) is 11.4. The van der Waals surface area contributed by atoms with Gasteiger partial charge < -0.3 is 10.4 Å². The molecule has 5 aromatic rings. The Morgan fingerprint density at radius 1 is 0.900 bits per heavy atom. The number of carbonyl (C=O) groups is 2. The Kier molecular flexibility index (Phi) is 7.58. The quantitative estimate of drug-likeness (QED) is 0.213. The number of carbonyl (C=O) groups excluding carboxylic acids is 1. The summed E-state index contributed by atoms with van der Waals surface area (Å²) in [6.45, 7) is 3.78. The van der Waals surface area contributed by atoms with Gasteiger partial charge in [-0.1, -0.05) is 71.9 Å². The van der Waals surface area contributed by atoms with Crippen LogP contribution in [0.3, 0.4) is 0 Å². The number of hydrogen-bond donors (Lipinski definition) is 2. The first-order valence-electron chi connectivity index (χ1n) is 12.5. The van der Waals surface area contributed by atoms with Crippen LogP contribution in [0.15, 0.2) is 96.0 Å². The van der Waals surface area contributed by atoms with Gasteiger partial charge in [0.2, 0.25) is 5.91 Å². The zero-order chi connectivity index (χ0) is 28.2. The van der Waals surface area contributed by atoms with E-state index in [1.807, 2.05) is 43.3 Å². The van der Waals surface area contributed by atoms with E-state index in [-0.39, 0.29) is 11.5 Å². The van der Waals surface area contributed by atoms with E-state index in [1.54, 1.807) is 61.5 Å². The fourth-order valence-corrected chi connectivity index (χ4v) is 5.08. The number of anilines is 1. The van der Waals surface area contributed by atoms with Gasteiger partial charge in [-0.3, -0.25) is 4.79 Å². The minimum Gasteiger partial charge on any atom is -0.478 e. The van der Waals surface area contributed by atoms with E-state index in [0.29, 0.717) is 32.9 Å². The standard InChI is InChI=1S/C32H24N4O3S/c1-19-7-9-21(10-8-19)27-16-13-23(18-33)31(36-27)40-20(2)30(37)34-24-14-11-22(12-15-24)29-17-26(32(38)39)25-5-3-4-6-28(25)35-29/h3-17,20H,1-2H3,(H,34,37)(H,38,39). The molecule has 1 unspecified atom stereocenters. The number of aromatic carboxylic acids is 1. The molecule has 40 heavy (non-hydrogen) atoms. The molecule has 2 aromatic heterocycles. The van der Waals surface area contributed by atoms with Gasteiger partial charge in [0.05, 0.1) is 33.3 Å². The van der Waals surface area contributed by atoms with E-state index < -0.39 is 11.2 Å². The summed E-state index contributed by atoms with van der Waals surface area (Å²) in [5, 5.41) is 22.7. The predicted octanol–water partition coefficient (Wildman–Crippen LogP) is 6.96. The number of para-hydroxylation sites is 1. The molecule has 196 valence electrons. The minimum absolute atomic E-state index is 0.181. The van der Waals surface area contributed by atoms with Crippen LogP contribution in [0, 0.1) is 18.3 Å². The Bertz CT molecular complexity index is 1780. The second-order valence-electron chi connectivity index (χ2n) is 9.23. The van der Waals surface area contributed by atoms with E-state index in [4.69, 9.17) is 0 Å². The number of nitriles is 1. The van der Waals surface area contributed by atoms with E-state index in [2.05, 4.69) is 21.4 Å². The van der Waals surface area contributed by atoms with E-state index in [1.165, 1.54) is 11.8 Å². The van der Waals surface area contributed by atoms with Crippen molar-refractivity contribution in [2.75, 3.05) is 5.32 Å². The molecule has 5 rings (SSSR count). The van der Waals surface area contributed by atoms with Gasteiger partial charge in [-0.15, -0.1) is 0 Å². The highest BCUT2D eigenvalue weighted by Gasteiger charge is 2.19. The van der Waals surface area contributed by atoms with Crippen molar-refractivity contribution in [2.24, 2.45) is 0 Å². The van der Waals surface area contributed by atoms with Gasteiger partial charge in [0.25, 0.3) is 0 Å². The Balaban J connectivity index is 1.31. The van der Waals surface area contributed by atoms with Crippen LogP contribution in [0.5, 0.6) is 0 Å². The Hall–Kier alpha value is -5.00. The fraction of sp³-hybridized carbons (Fsp3) is 0.0938. The molecule has 0 aliphatic rings. The molecule has 8 heteroatoms. The average Bonchev–Trinajstić information content (AvgIpc) is 2.97. The van der Waals surface area contributed by atoms with Crippen molar-refractivity contribution in [3.05, 3.63) is 108 Å². The number of carboxylic acid groups (broad SMARTS) is 1. The number of hydrogen-bond acceptors (Lipinski definition) is 6. The summed E-state index contributed by atoms with van der Waals surface area (Å²) in [4.78, 5) is 34.1. The van der Waals surface area contributed by atoms with Gasteiger partial charge in [-0.2, -0.15) is 5.26 Å². The van der Waals surface area contributed by atoms with Crippen LogP contribution >= 0.6 is 11.8 Å². The number of rotatable bonds is 7. The maximum atomic E-state index is 13.0. The molecule has 2 N–H and O–H groups in total. The Labute approximate surface area is 235 Å². The van der Waals surface area contributed by atoms with Crippen molar-refractivity contribution in [1.29, 1.82) is 5.26 Å². The molecular formula is C32H24N4O3S. The molecule has 0 aliphatic heterocycles. The number of aryl methyl sites for hydroxylation is 1. The summed E-state index contributed by atoms with van der Waals surface area (Å²) in [6.07, 6.45) is 0. The number of amides is 1. The fourth-order valence-electron chi connectivity index (χ4n) is 4.19. The van der Waals surface area contributed by atoms with Gasteiger partial charge >= 0.3 is 5.97 Å². The van der Waals surface area contributed by atoms with Gasteiger partial charge in [0.15, 0.2) is 0 Å². The van der Waals surface area contributed by atoms with Crippen LogP contribution in [-0.4, -0.2) is 32.2 Å². The average molecular weight is 545 g/mol. The monoisotopic (exact) mass is 544 g/mol. The number of aromatic nitrogens is 2. The molecule has 0 saturated heterocycles. The lowest BCUT2D eigenvalue weighted by Crippen LogP contribution is -2.22. The third kappa shape index (κ3) is 5.70. The molecule has 0 spiro atoms. The third-order valence-electron chi connectivity index (χ3n) is 6.38. The van der Waals surface area contributed by atoms with E-state index in [9.17, 15) is 20.0 Å². The predicted molar refractivity (Wildman–Crippen MR) is 157 cm³/mol. The lowest BCUT2D eigenvalue weighted by molar-refractivity contribution is -0.115. The first-order chi connectivity index (χ1) is 19.3. The summed E-state index contributed by atoms with van der Waals surface area (Å²) in [7, 11) is 0. The molecular weight excluding hydrogens is 520 g/mol. The summed E-state index contributed by atoms with van der Waals surface area (Å²) >= 11 is 1.23. The van der Waals surface area contributed by atoms with Crippen molar-refractivity contribution < 1.29 is 14.7 Å². The summed E-state index contributed by atoms with van der Waals surface area (Å²) in [6, 6.07) is 29.4. The van der Waals surface area contributed by atoms with Gasteiger partial charge in [-0.25, -0.2) is 14.8 Å². The summed E-state index contributed by atoms with van der Waals surface area (Å²) in [5.74, 6) is -1.25. The van der Waals surface area contributed by atoms with Crippen LogP contribution in [0.1, 0.15) is 28.4 Å². The van der Waals surface area contributed by atoms with Crippen LogP contribution in [0.2, 0.25) is 0 Å². The number of fused-ring (bicyclic) bond motifs is 1. The van der Waals surface area contributed by atoms with Crippen molar-refractivity contribution >= 4 is 40.2 Å². The minimum atomic E-state index is -1.02. The largest absolute Gasteiger partial charge is 0.478 e. The zero-order valence-corrected chi connectivity index (χ0v) is 22.6. The number of benzene rings is 3. The molecule has 7 nitrogen and oxygen atoms in total. The molecule has 1 amide bonds. The van der Waals surface area contributed by atoms with Crippen molar-refractivity contribution in [1.82, 2.24) is 9.97 Å². The number of nitrogens with one attached hydrogen (secondary N) is 1. The topological polar surface area (TPSA) is 116 Å². The number of pyridine rings is 2. The van der Waals surface area contributed by atoms with E-state index >= 15 is 0 Å². The highest BCUT2D eigenvalue weighted by atomic mass is 32.2. The molecule has 0 radical (unpaired) electrons. The molecule has 3 aromatic carbocycles. The maximum absolute atomic E-state index is 13.0. The second-order valence-corrected chi connectivity index (χ2v) is 10.6. The van der Waals surface area contributed by atoms with Crippen LogP contribution in [0.4, 0.5) is 5.69 Å². The number of nitrogens with zero attached hydrogens (tertiary/aromatic N) is 3. The van der Waals surface area contributed by atoms with Crippen LogP contribution < -0.4 is 5.32 Å². The molecule has 0 saturated carbocycles. The van der Waals surface area contributed by atoms with Crippen molar-refractivity contribution in [3.8, 4) is 28.6 Å². The zero-order valence-electron chi connectivity index (χ0n) is 21.8. The third-order valence-corrected chi connectivity index (χ3v) is 7.48. The normalized spacial score (nSPS) is 11.5. The molecule has 1 atom stereocenters. The van der Waals surface area contributed by atoms with Crippen molar-refractivity contribution in [2.45, 2.75) is 24.1 Å². The highest BCUT2D eigenvalue weighted by Crippen LogP contribution is 2.30. The van der Waals surface area contributed by atoms with Crippen LogP contribution in [0.25, 0.3) is 33.4 Å². The van der Waals surface area contributed by atoms with Crippen LogP contribution in [-0.2, 0) is 4.79 Å². The number of thioether (sulfide) groups is 1. The Morgan fingerprint density at radius 3 is 2.27 bits per heavy atom. The number of carboxylic acids is 1. The molecule has 2 heterocycles. The van der Waals surface area contributed by atoms with Crippen molar-refractivity contribution in [3.63, 3.8) is 0 Å². The lowest BCUT2D eigenvalue weighted by Gasteiger charge is -2.14. The molecule has 0 bridgehead atoms. The summed E-state index contributed by atoms with van der Waals surface area (Å²) in [5.41, 5.74) is 5.84. The maximum Gasteiger partial charge on any atom is 0.336 e. The van der Waals surface area contributed by atoms with E-state index in [0.717, 1.165) is 22.4 Å². The van der Waals surface area contributed by atoms with Gasteiger partial charge in [0, 0.05) is 22.2 Å². The first-order valence-corrected chi connectivity index (χ1v) is 13.4. The molecule has 0 aliphatic carbocycles.